The third-order valence-corrected chi connectivity index (χ3v) is 2.93. The minimum Gasteiger partial charge on any atom is -0.444 e. The molecule has 0 fully saturated rings. The summed E-state index contributed by atoms with van der Waals surface area (Å²) in [7, 11) is 1.51. The molecule has 0 radical (unpaired) electrons. The van der Waals surface area contributed by atoms with Crippen LogP contribution in [0.15, 0.2) is 24.3 Å². The molecule has 1 aromatic rings. The van der Waals surface area contributed by atoms with Gasteiger partial charge < -0.3 is 4.74 Å². The van der Waals surface area contributed by atoms with Gasteiger partial charge in [0.1, 0.15) is 11.8 Å². The molecular formula is C14H21N3O3. The van der Waals surface area contributed by atoms with Crippen LogP contribution in [0.1, 0.15) is 38.1 Å². The lowest BCUT2D eigenvalue weighted by molar-refractivity contribution is -0.0102. The molecule has 0 bridgehead atoms. The lowest BCUT2D eigenvalue weighted by Gasteiger charge is -2.29. The first-order valence-electron chi connectivity index (χ1n) is 6.53. The van der Waals surface area contributed by atoms with Crippen molar-refractivity contribution in [1.82, 2.24) is 15.9 Å². The number of fused-ring (bicyclic) bond motifs is 1. The van der Waals surface area contributed by atoms with E-state index in [4.69, 9.17) is 9.57 Å². The normalized spacial score (nSPS) is 18.0. The Labute approximate surface area is 119 Å². The van der Waals surface area contributed by atoms with Gasteiger partial charge in [-0.1, -0.05) is 24.3 Å². The van der Waals surface area contributed by atoms with Crippen LogP contribution in [0.5, 0.6) is 0 Å². The summed E-state index contributed by atoms with van der Waals surface area (Å²) in [5, 5.41) is 0. The highest BCUT2D eigenvalue weighted by molar-refractivity contribution is 5.70. The van der Waals surface area contributed by atoms with Crippen molar-refractivity contribution in [2.45, 2.75) is 39.1 Å². The van der Waals surface area contributed by atoms with Crippen LogP contribution < -0.4 is 11.0 Å². The number of ether oxygens (including phenoxy) is 1. The first-order chi connectivity index (χ1) is 9.42. The molecule has 2 N–H and O–H groups in total. The molecule has 1 amide bonds. The van der Waals surface area contributed by atoms with E-state index in [2.05, 4.69) is 11.0 Å². The summed E-state index contributed by atoms with van der Waals surface area (Å²) in [5.74, 6) is 0. The quantitative estimate of drug-likeness (QED) is 0.830. The van der Waals surface area contributed by atoms with Crippen molar-refractivity contribution < 1.29 is 14.4 Å². The molecular weight excluding hydrogens is 258 g/mol. The molecule has 110 valence electrons. The second-order valence-electron chi connectivity index (χ2n) is 5.66. The smallest absolute Gasteiger partial charge is 0.412 e. The number of nitrogens with one attached hydrogen (secondary N) is 2. The lowest BCUT2D eigenvalue weighted by Crippen LogP contribution is -2.45. The van der Waals surface area contributed by atoms with Gasteiger partial charge >= 0.3 is 6.09 Å². The van der Waals surface area contributed by atoms with E-state index < -0.39 is 5.60 Å². The van der Waals surface area contributed by atoms with E-state index in [1.54, 1.807) is 4.90 Å². The minimum atomic E-state index is -0.523. The third kappa shape index (κ3) is 3.27. The number of nitrogens with zero attached hydrogens (tertiary/aromatic N) is 1. The fraction of sp³-hybridized carbons (Fsp3) is 0.500. The monoisotopic (exact) mass is 279 g/mol. The Balaban J connectivity index is 2.18. The number of amides is 1. The molecule has 0 saturated heterocycles. The minimum absolute atomic E-state index is 0.319. The van der Waals surface area contributed by atoms with Gasteiger partial charge in [0.2, 0.25) is 0 Å². The maximum absolute atomic E-state index is 12.3. The van der Waals surface area contributed by atoms with Gasteiger partial charge in [-0.2, -0.15) is 0 Å². The van der Waals surface area contributed by atoms with Gasteiger partial charge in [-0.25, -0.2) is 10.2 Å². The zero-order valence-electron chi connectivity index (χ0n) is 12.3. The van der Waals surface area contributed by atoms with Crippen molar-refractivity contribution >= 4 is 6.09 Å². The maximum atomic E-state index is 12.3. The molecule has 0 saturated carbocycles. The average Bonchev–Trinajstić information content (AvgIpc) is 2.73. The van der Waals surface area contributed by atoms with Crippen LogP contribution in [0.3, 0.4) is 0 Å². The van der Waals surface area contributed by atoms with E-state index in [9.17, 15) is 4.79 Å². The van der Waals surface area contributed by atoms with Gasteiger partial charge in [0.25, 0.3) is 0 Å². The van der Waals surface area contributed by atoms with Crippen LogP contribution in [0, 0.1) is 0 Å². The van der Waals surface area contributed by atoms with Gasteiger partial charge in [0, 0.05) is 0 Å². The zero-order valence-corrected chi connectivity index (χ0v) is 12.3. The first kappa shape index (κ1) is 14.8. The van der Waals surface area contributed by atoms with Crippen LogP contribution in [-0.4, -0.2) is 23.7 Å². The fourth-order valence-electron chi connectivity index (χ4n) is 2.15. The predicted molar refractivity (Wildman–Crippen MR) is 74.2 cm³/mol. The van der Waals surface area contributed by atoms with Crippen LogP contribution in [0.4, 0.5) is 4.79 Å². The lowest BCUT2D eigenvalue weighted by atomic mass is 10.1. The average molecular weight is 279 g/mol. The molecule has 1 aliphatic rings. The molecule has 2 rings (SSSR count). The number of hydrazine groups is 1. The molecule has 20 heavy (non-hydrogen) atoms. The van der Waals surface area contributed by atoms with Crippen molar-refractivity contribution in [2.24, 2.45) is 0 Å². The van der Waals surface area contributed by atoms with Crippen LogP contribution >= 0.6 is 0 Å². The fourth-order valence-corrected chi connectivity index (χ4v) is 2.15. The topological polar surface area (TPSA) is 62.8 Å². The summed E-state index contributed by atoms with van der Waals surface area (Å²) in [6, 6.07) is 7.88. The summed E-state index contributed by atoms with van der Waals surface area (Å²) in [5.41, 5.74) is 7.14. The van der Waals surface area contributed by atoms with Crippen LogP contribution in [0.25, 0.3) is 0 Å². The van der Waals surface area contributed by atoms with E-state index in [1.165, 1.54) is 7.11 Å². The van der Waals surface area contributed by atoms with E-state index in [0.717, 1.165) is 11.1 Å². The standard InChI is InChI=1S/C14H21N3O3/c1-14(2,3)20-13(18)17-9-10-7-5-6-8-11(10)12(17)15-16-19-4/h5-8,12,15-16H,9H2,1-4H3. The van der Waals surface area contributed by atoms with E-state index in [0.29, 0.717) is 6.54 Å². The van der Waals surface area contributed by atoms with E-state index in [1.807, 2.05) is 45.0 Å². The summed E-state index contributed by atoms with van der Waals surface area (Å²) in [6.45, 7) is 6.06. The highest BCUT2D eigenvalue weighted by atomic mass is 16.7. The van der Waals surface area contributed by atoms with E-state index in [-0.39, 0.29) is 12.3 Å². The summed E-state index contributed by atoms with van der Waals surface area (Å²) >= 11 is 0. The molecule has 0 spiro atoms. The zero-order chi connectivity index (χ0) is 14.8. The molecule has 6 heteroatoms. The Hall–Kier alpha value is -1.63. The SMILES string of the molecule is CONNC1c2ccccc2CN1C(=O)OC(C)(C)C. The van der Waals surface area contributed by atoms with Gasteiger partial charge in [0.05, 0.1) is 13.7 Å². The maximum Gasteiger partial charge on any atom is 0.412 e. The van der Waals surface area contributed by atoms with Crippen molar-refractivity contribution in [3.8, 4) is 0 Å². The van der Waals surface area contributed by atoms with Gasteiger partial charge in [0.15, 0.2) is 0 Å². The molecule has 6 nitrogen and oxygen atoms in total. The van der Waals surface area contributed by atoms with Gasteiger partial charge in [-0.05, 0) is 31.9 Å². The molecule has 1 unspecified atom stereocenters. The largest absolute Gasteiger partial charge is 0.444 e. The van der Waals surface area contributed by atoms with Crippen molar-refractivity contribution in [2.75, 3.05) is 7.11 Å². The number of rotatable bonds is 3. The molecule has 1 heterocycles. The molecule has 1 atom stereocenters. The second kappa shape index (κ2) is 5.78. The first-order valence-corrected chi connectivity index (χ1v) is 6.53. The molecule has 1 aromatic carbocycles. The summed E-state index contributed by atoms with van der Waals surface area (Å²) in [6.07, 6.45) is -0.676. The van der Waals surface area contributed by atoms with Crippen LogP contribution in [0.2, 0.25) is 0 Å². The number of hydrogen-bond acceptors (Lipinski definition) is 5. The second-order valence-corrected chi connectivity index (χ2v) is 5.66. The Morgan fingerprint density at radius 1 is 1.35 bits per heavy atom. The summed E-state index contributed by atoms with van der Waals surface area (Å²) < 4.78 is 5.44. The number of benzene rings is 1. The summed E-state index contributed by atoms with van der Waals surface area (Å²) in [4.78, 5) is 18.7. The van der Waals surface area contributed by atoms with E-state index >= 15 is 0 Å². The highest BCUT2D eigenvalue weighted by Gasteiger charge is 2.35. The molecule has 0 aliphatic carbocycles. The Bertz CT molecular complexity index is 485. The number of carbonyl (C=O) groups is 1. The predicted octanol–water partition coefficient (Wildman–Crippen LogP) is 2.09. The molecule has 0 aromatic heterocycles. The number of carbonyl (C=O) groups excluding carboxylic acids is 1. The van der Waals surface area contributed by atoms with Gasteiger partial charge in [-0.15, -0.1) is 5.59 Å². The van der Waals surface area contributed by atoms with Gasteiger partial charge in [-0.3, -0.25) is 9.74 Å². The Morgan fingerprint density at radius 2 is 2.05 bits per heavy atom. The number of hydrogen-bond donors (Lipinski definition) is 2. The highest BCUT2D eigenvalue weighted by Crippen LogP contribution is 2.32. The van der Waals surface area contributed by atoms with Crippen molar-refractivity contribution in [1.29, 1.82) is 0 Å². The molecule has 1 aliphatic heterocycles. The van der Waals surface area contributed by atoms with Crippen molar-refractivity contribution in [3.05, 3.63) is 35.4 Å². The van der Waals surface area contributed by atoms with Crippen molar-refractivity contribution in [3.63, 3.8) is 0 Å². The Morgan fingerprint density at radius 3 is 2.70 bits per heavy atom. The van der Waals surface area contributed by atoms with Crippen LogP contribution in [-0.2, 0) is 16.1 Å². The Kier molecular flexibility index (Phi) is 4.27. The third-order valence-electron chi connectivity index (χ3n) is 2.93.